The summed E-state index contributed by atoms with van der Waals surface area (Å²) >= 11 is 4.12. The lowest BCUT2D eigenvalue weighted by molar-refractivity contribution is 0.912. The molecule has 0 saturated carbocycles. The summed E-state index contributed by atoms with van der Waals surface area (Å²) < 4.78 is 0. The van der Waals surface area contributed by atoms with Crippen LogP contribution in [0, 0.1) is 0 Å². The molecule has 0 aliphatic rings. The summed E-state index contributed by atoms with van der Waals surface area (Å²) in [6.07, 6.45) is 1.27. The van der Waals surface area contributed by atoms with Gasteiger partial charge in [0.15, 0.2) is 0 Å². The van der Waals surface area contributed by atoms with E-state index in [2.05, 4.69) is 25.5 Å². The minimum absolute atomic E-state index is 0.826. The normalized spacial score (nSPS) is 17.8. The minimum Gasteiger partial charge on any atom is -0.217 e. The van der Waals surface area contributed by atoms with Crippen LogP contribution < -0.4 is 0 Å². The van der Waals surface area contributed by atoms with Gasteiger partial charge in [0.1, 0.15) is 0 Å². The van der Waals surface area contributed by atoms with Gasteiger partial charge < -0.3 is 0 Å². The SMILES string of the molecule is CCC(C)[SH2]S. The van der Waals surface area contributed by atoms with E-state index in [1.54, 1.807) is 0 Å². The quantitative estimate of drug-likeness (QED) is 0.421. The van der Waals surface area contributed by atoms with Crippen molar-refractivity contribution in [1.82, 2.24) is 0 Å². The fourth-order valence-electron chi connectivity index (χ4n) is 0.0913. The Balaban J connectivity index is 2.75. The van der Waals surface area contributed by atoms with E-state index in [-0.39, 0.29) is 0 Å². The number of hydrogen-bond acceptors (Lipinski definition) is 1. The number of thiol groups is 1. The first-order chi connectivity index (χ1) is 2.81. The molecule has 1 atom stereocenters. The standard InChI is InChI=1S/C4H12S2/c1-3-4(2)6-5/h4-5H,3,6H2,1-2H3. The lowest BCUT2D eigenvalue weighted by Gasteiger charge is -2.01. The van der Waals surface area contributed by atoms with Crippen LogP contribution in [0.4, 0.5) is 0 Å². The maximum absolute atomic E-state index is 4.12. The van der Waals surface area contributed by atoms with E-state index in [1.165, 1.54) is 6.42 Å². The maximum atomic E-state index is 4.12. The van der Waals surface area contributed by atoms with Gasteiger partial charge in [0.05, 0.1) is 0 Å². The molecule has 0 nitrogen and oxygen atoms in total. The van der Waals surface area contributed by atoms with E-state index in [1.807, 2.05) is 0 Å². The highest BCUT2D eigenvalue weighted by atomic mass is 33.1. The van der Waals surface area contributed by atoms with Crippen molar-refractivity contribution in [1.29, 1.82) is 0 Å². The third-order valence-corrected chi connectivity index (χ3v) is 3.00. The van der Waals surface area contributed by atoms with Gasteiger partial charge in [0, 0.05) is 0 Å². The van der Waals surface area contributed by atoms with Gasteiger partial charge in [0.2, 0.25) is 0 Å². The van der Waals surface area contributed by atoms with Gasteiger partial charge in [-0.3, -0.25) is 0 Å². The van der Waals surface area contributed by atoms with Gasteiger partial charge in [-0.25, -0.2) is 10.8 Å². The largest absolute Gasteiger partial charge is 0.217 e. The molecule has 6 heavy (non-hydrogen) atoms. The zero-order valence-electron chi connectivity index (χ0n) is 4.23. The average molecular weight is 124 g/mol. The zero-order chi connectivity index (χ0) is 4.99. The second kappa shape index (κ2) is 3.88. The lowest BCUT2D eigenvalue weighted by atomic mass is 10.4. The van der Waals surface area contributed by atoms with Crippen molar-refractivity contribution in [2.45, 2.75) is 25.5 Å². The van der Waals surface area contributed by atoms with Crippen LogP contribution in [0.25, 0.3) is 0 Å². The highest BCUT2D eigenvalue weighted by Gasteiger charge is 1.87. The first-order valence-corrected chi connectivity index (χ1v) is 4.57. The molecule has 0 fully saturated rings. The van der Waals surface area contributed by atoms with Crippen LogP contribution in [0.5, 0.6) is 0 Å². The van der Waals surface area contributed by atoms with Crippen molar-refractivity contribution >= 4 is 22.5 Å². The first kappa shape index (κ1) is 6.70. The summed E-state index contributed by atoms with van der Waals surface area (Å²) in [5.41, 5.74) is 0. The topological polar surface area (TPSA) is 0 Å². The van der Waals surface area contributed by atoms with Gasteiger partial charge in [-0.05, 0) is 11.7 Å². The molecule has 0 N–H and O–H groups in total. The molecule has 0 radical (unpaired) electrons. The van der Waals surface area contributed by atoms with Crippen LogP contribution in [-0.2, 0) is 0 Å². The van der Waals surface area contributed by atoms with E-state index in [0.29, 0.717) is 0 Å². The Kier molecular flexibility index (Phi) is 4.33. The molecule has 0 heterocycles. The van der Waals surface area contributed by atoms with Gasteiger partial charge >= 0.3 is 0 Å². The van der Waals surface area contributed by atoms with Crippen molar-refractivity contribution in [3.05, 3.63) is 0 Å². The Hall–Kier alpha value is 0.700. The molecule has 0 bridgehead atoms. The molecular weight excluding hydrogens is 112 g/mol. The van der Waals surface area contributed by atoms with Crippen LogP contribution in [0.15, 0.2) is 0 Å². The summed E-state index contributed by atoms with van der Waals surface area (Å²) in [6, 6.07) is 0. The molecule has 0 saturated heterocycles. The Morgan fingerprint density at radius 3 is 2.33 bits per heavy atom. The molecule has 0 amide bonds. The van der Waals surface area contributed by atoms with E-state index >= 15 is 0 Å². The average Bonchev–Trinajstić information content (AvgIpc) is 1.65. The van der Waals surface area contributed by atoms with E-state index in [9.17, 15) is 0 Å². The molecule has 0 aromatic rings. The van der Waals surface area contributed by atoms with Crippen LogP contribution in [-0.4, -0.2) is 5.25 Å². The van der Waals surface area contributed by atoms with E-state index in [0.717, 1.165) is 16.0 Å². The molecule has 0 aromatic heterocycles. The minimum atomic E-state index is 0.826. The molecule has 0 aliphatic heterocycles. The Morgan fingerprint density at radius 2 is 2.33 bits per heavy atom. The third-order valence-electron chi connectivity index (χ3n) is 0.833. The van der Waals surface area contributed by atoms with E-state index < -0.39 is 0 Å². The van der Waals surface area contributed by atoms with Crippen molar-refractivity contribution in [2.24, 2.45) is 0 Å². The van der Waals surface area contributed by atoms with Crippen LogP contribution in [0.3, 0.4) is 0 Å². The van der Waals surface area contributed by atoms with Crippen LogP contribution in [0.2, 0.25) is 0 Å². The second-order valence-electron chi connectivity index (χ2n) is 1.44. The summed E-state index contributed by atoms with van der Waals surface area (Å²) in [5, 5.41) is 0.827. The molecule has 2 heteroatoms. The van der Waals surface area contributed by atoms with Crippen LogP contribution >= 0.6 is 22.5 Å². The predicted octanol–water partition coefficient (Wildman–Crippen LogP) is 1.83. The van der Waals surface area contributed by atoms with Gasteiger partial charge in [-0.15, -0.1) is 11.7 Å². The van der Waals surface area contributed by atoms with Gasteiger partial charge in [-0.1, -0.05) is 13.8 Å². The predicted molar refractivity (Wildman–Crippen MR) is 39.1 cm³/mol. The molecule has 0 aliphatic carbocycles. The maximum Gasteiger partial charge on any atom is -0.0112 e. The summed E-state index contributed by atoms with van der Waals surface area (Å²) in [6.45, 7) is 4.40. The fraction of sp³-hybridized carbons (Fsp3) is 1.00. The fourth-order valence-corrected chi connectivity index (χ4v) is 0.822. The summed E-state index contributed by atoms with van der Waals surface area (Å²) in [4.78, 5) is 0. The number of rotatable bonds is 2. The smallest absolute Gasteiger partial charge is 0.0112 e. The zero-order valence-corrected chi connectivity index (χ0v) is 6.13. The summed E-state index contributed by atoms with van der Waals surface area (Å²) in [5.74, 6) is 0. The summed E-state index contributed by atoms with van der Waals surface area (Å²) in [7, 11) is 0.826. The van der Waals surface area contributed by atoms with Gasteiger partial charge in [0.25, 0.3) is 0 Å². The third kappa shape index (κ3) is 2.91. The molecule has 40 valence electrons. The van der Waals surface area contributed by atoms with Crippen molar-refractivity contribution in [3.8, 4) is 0 Å². The van der Waals surface area contributed by atoms with Crippen molar-refractivity contribution in [3.63, 3.8) is 0 Å². The molecule has 0 aromatic carbocycles. The van der Waals surface area contributed by atoms with Gasteiger partial charge in [-0.2, -0.15) is 0 Å². The Bertz CT molecular complexity index is 24.7. The van der Waals surface area contributed by atoms with Crippen molar-refractivity contribution < 1.29 is 0 Å². The highest BCUT2D eigenvalue weighted by molar-refractivity contribution is 8.68. The second-order valence-corrected chi connectivity index (χ2v) is 3.46. The highest BCUT2D eigenvalue weighted by Crippen LogP contribution is 2.15. The Labute approximate surface area is 48.5 Å². The molecular formula is C4H12S2. The first-order valence-electron chi connectivity index (χ1n) is 2.20. The van der Waals surface area contributed by atoms with Crippen LogP contribution in [0.1, 0.15) is 20.3 Å². The molecule has 1 unspecified atom stereocenters. The lowest BCUT2D eigenvalue weighted by Crippen LogP contribution is -1.85. The van der Waals surface area contributed by atoms with E-state index in [4.69, 9.17) is 0 Å². The molecule has 0 rings (SSSR count). The Morgan fingerprint density at radius 1 is 1.83 bits per heavy atom. The number of hydrogen-bond donors (Lipinski definition) is 1. The molecule has 0 spiro atoms. The monoisotopic (exact) mass is 124 g/mol. The van der Waals surface area contributed by atoms with Crippen molar-refractivity contribution in [2.75, 3.05) is 0 Å².